The summed E-state index contributed by atoms with van der Waals surface area (Å²) < 4.78 is 5.38. The zero-order valence-corrected chi connectivity index (χ0v) is 15.7. The Morgan fingerprint density at radius 2 is 2.00 bits per heavy atom. The highest BCUT2D eigenvalue weighted by Crippen LogP contribution is 2.36. The lowest BCUT2D eigenvalue weighted by Gasteiger charge is -2.19. The predicted molar refractivity (Wildman–Crippen MR) is 99.7 cm³/mol. The number of hydrogen-bond donors (Lipinski definition) is 4. The van der Waals surface area contributed by atoms with E-state index in [0.717, 1.165) is 12.8 Å². The number of allylic oxidation sites excluding steroid dienone is 2. The standard InChI is InChI=1S/C20H34O6/c1-2-3-12-26-14-15(21)10-11-17-16(18(22)13-19(17)23)8-6-4-5-7-9-20(24)25/h4,6,10-11,15-19,21-23H,2-3,5,7-9,12-14H2,1H3,(H,24,25)/b6-4-,11-10+/t15-,16+,17+,18-,19+/m0/s1. The number of carboxylic acids is 1. The SMILES string of the molecule is CCCCOC[C@@H](O)/C=C/[C@@H]1[C@@H](C/C=C\CCCC(=O)O)[C@@H](O)C[C@H]1O. The molecule has 1 fully saturated rings. The molecular weight excluding hydrogens is 336 g/mol. The fraction of sp³-hybridized carbons (Fsp3) is 0.750. The highest BCUT2D eigenvalue weighted by Gasteiger charge is 2.39. The number of carboxylic acid groups (broad SMARTS) is 1. The number of carbonyl (C=O) groups is 1. The minimum atomic E-state index is -0.796. The molecule has 0 bridgehead atoms. The van der Waals surface area contributed by atoms with Crippen LogP contribution in [0.25, 0.3) is 0 Å². The van der Waals surface area contributed by atoms with Crippen LogP contribution in [0.4, 0.5) is 0 Å². The summed E-state index contributed by atoms with van der Waals surface area (Å²) in [6.45, 7) is 2.94. The molecule has 6 heteroatoms. The summed E-state index contributed by atoms with van der Waals surface area (Å²) in [5.74, 6) is -1.11. The fourth-order valence-electron chi connectivity index (χ4n) is 3.21. The van der Waals surface area contributed by atoms with Gasteiger partial charge in [0.05, 0.1) is 24.9 Å². The maximum Gasteiger partial charge on any atom is 0.303 e. The van der Waals surface area contributed by atoms with Crippen LogP contribution in [0.1, 0.15) is 51.9 Å². The molecule has 0 radical (unpaired) electrons. The van der Waals surface area contributed by atoms with Crippen molar-refractivity contribution in [3.05, 3.63) is 24.3 Å². The summed E-state index contributed by atoms with van der Waals surface area (Å²) in [6, 6.07) is 0. The number of unbranched alkanes of at least 4 members (excludes halogenated alkanes) is 2. The Morgan fingerprint density at radius 1 is 1.23 bits per heavy atom. The molecule has 0 aliphatic heterocycles. The first kappa shape index (κ1) is 22.8. The molecule has 0 aromatic rings. The van der Waals surface area contributed by atoms with Gasteiger partial charge in [0.1, 0.15) is 0 Å². The molecule has 4 N–H and O–H groups in total. The summed E-state index contributed by atoms with van der Waals surface area (Å²) >= 11 is 0. The molecule has 0 unspecified atom stereocenters. The van der Waals surface area contributed by atoms with E-state index in [1.165, 1.54) is 0 Å². The van der Waals surface area contributed by atoms with E-state index in [4.69, 9.17) is 9.84 Å². The van der Waals surface area contributed by atoms with Crippen molar-refractivity contribution in [2.24, 2.45) is 11.8 Å². The highest BCUT2D eigenvalue weighted by atomic mass is 16.5. The van der Waals surface area contributed by atoms with Gasteiger partial charge in [0.2, 0.25) is 0 Å². The Bertz CT molecular complexity index is 448. The second kappa shape index (κ2) is 13.0. The Labute approximate surface area is 156 Å². The zero-order chi connectivity index (χ0) is 19.4. The molecule has 1 rings (SSSR count). The van der Waals surface area contributed by atoms with Gasteiger partial charge in [-0.3, -0.25) is 4.79 Å². The van der Waals surface area contributed by atoms with Crippen LogP contribution in [0.5, 0.6) is 0 Å². The van der Waals surface area contributed by atoms with Gasteiger partial charge in [0, 0.05) is 25.4 Å². The van der Waals surface area contributed by atoms with Crippen molar-refractivity contribution in [1.29, 1.82) is 0 Å². The first-order valence-corrected chi connectivity index (χ1v) is 9.62. The lowest BCUT2D eigenvalue weighted by atomic mass is 9.89. The Kier molecular flexibility index (Phi) is 11.4. The van der Waals surface area contributed by atoms with E-state index in [0.29, 0.717) is 32.3 Å². The van der Waals surface area contributed by atoms with Crippen LogP contribution < -0.4 is 0 Å². The van der Waals surface area contributed by atoms with E-state index < -0.39 is 24.3 Å². The van der Waals surface area contributed by atoms with E-state index in [-0.39, 0.29) is 24.9 Å². The number of hydrogen-bond acceptors (Lipinski definition) is 5. The van der Waals surface area contributed by atoms with Gasteiger partial charge in [-0.1, -0.05) is 37.6 Å². The largest absolute Gasteiger partial charge is 0.481 e. The molecule has 0 aromatic carbocycles. The van der Waals surface area contributed by atoms with Crippen LogP contribution in [-0.4, -0.2) is 57.9 Å². The van der Waals surface area contributed by atoms with E-state index in [9.17, 15) is 20.1 Å². The van der Waals surface area contributed by atoms with Crippen LogP contribution in [0.15, 0.2) is 24.3 Å². The summed E-state index contributed by atoms with van der Waals surface area (Å²) in [7, 11) is 0. The van der Waals surface area contributed by atoms with Gasteiger partial charge in [0.15, 0.2) is 0 Å². The molecule has 26 heavy (non-hydrogen) atoms. The van der Waals surface area contributed by atoms with Crippen molar-refractivity contribution in [2.75, 3.05) is 13.2 Å². The van der Waals surface area contributed by atoms with Crippen molar-refractivity contribution in [3.63, 3.8) is 0 Å². The molecule has 0 spiro atoms. The number of ether oxygens (including phenoxy) is 1. The topological polar surface area (TPSA) is 107 Å². The minimum Gasteiger partial charge on any atom is -0.481 e. The third kappa shape index (κ3) is 8.94. The number of aliphatic carboxylic acids is 1. The number of rotatable bonds is 13. The first-order valence-electron chi connectivity index (χ1n) is 9.62. The van der Waals surface area contributed by atoms with Gasteiger partial charge in [-0.25, -0.2) is 0 Å². The van der Waals surface area contributed by atoms with Crippen LogP contribution in [-0.2, 0) is 9.53 Å². The van der Waals surface area contributed by atoms with Crippen LogP contribution in [0, 0.1) is 11.8 Å². The summed E-state index contributed by atoms with van der Waals surface area (Å²) in [5.41, 5.74) is 0. The predicted octanol–water partition coefficient (Wildman–Crippen LogP) is 2.28. The Morgan fingerprint density at radius 3 is 2.69 bits per heavy atom. The number of aliphatic hydroxyl groups is 3. The van der Waals surface area contributed by atoms with Gasteiger partial charge >= 0.3 is 5.97 Å². The van der Waals surface area contributed by atoms with Crippen molar-refractivity contribution >= 4 is 5.97 Å². The monoisotopic (exact) mass is 370 g/mol. The lowest BCUT2D eigenvalue weighted by Crippen LogP contribution is -2.21. The van der Waals surface area contributed by atoms with E-state index in [1.807, 2.05) is 12.2 Å². The van der Waals surface area contributed by atoms with E-state index in [1.54, 1.807) is 12.2 Å². The second-order valence-electron chi connectivity index (χ2n) is 6.99. The zero-order valence-electron chi connectivity index (χ0n) is 15.7. The number of aliphatic hydroxyl groups excluding tert-OH is 3. The molecule has 1 saturated carbocycles. The lowest BCUT2D eigenvalue weighted by molar-refractivity contribution is -0.137. The molecule has 1 aliphatic rings. The summed E-state index contributed by atoms with van der Waals surface area (Å²) in [4.78, 5) is 10.5. The molecule has 150 valence electrons. The van der Waals surface area contributed by atoms with Crippen LogP contribution >= 0.6 is 0 Å². The minimum absolute atomic E-state index is 0.106. The van der Waals surface area contributed by atoms with Crippen molar-refractivity contribution in [3.8, 4) is 0 Å². The molecule has 5 atom stereocenters. The molecule has 0 heterocycles. The molecular formula is C20H34O6. The average molecular weight is 370 g/mol. The van der Waals surface area contributed by atoms with Gasteiger partial charge in [0.25, 0.3) is 0 Å². The van der Waals surface area contributed by atoms with Gasteiger partial charge in [-0.15, -0.1) is 0 Å². The third-order valence-electron chi connectivity index (χ3n) is 4.74. The van der Waals surface area contributed by atoms with Crippen molar-refractivity contribution < 1.29 is 30.0 Å². The van der Waals surface area contributed by atoms with Crippen LogP contribution in [0.3, 0.4) is 0 Å². The average Bonchev–Trinajstić information content (AvgIpc) is 2.85. The highest BCUT2D eigenvalue weighted by molar-refractivity contribution is 5.66. The molecule has 0 saturated heterocycles. The van der Waals surface area contributed by atoms with Gasteiger partial charge in [-0.05, 0) is 31.6 Å². The molecule has 1 aliphatic carbocycles. The smallest absolute Gasteiger partial charge is 0.303 e. The van der Waals surface area contributed by atoms with Crippen LogP contribution in [0.2, 0.25) is 0 Å². The molecule has 0 amide bonds. The second-order valence-corrected chi connectivity index (χ2v) is 6.99. The Balaban J connectivity index is 2.44. The maximum atomic E-state index is 10.5. The normalized spacial score (nSPS) is 27.5. The molecule has 6 nitrogen and oxygen atoms in total. The quantitative estimate of drug-likeness (QED) is 0.293. The van der Waals surface area contributed by atoms with Crippen molar-refractivity contribution in [2.45, 2.75) is 70.2 Å². The molecule has 0 aromatic heterocycles. The fourth-order valence-corrected chi connectivity index (χ4v) is 3.21. The summed E-state index contributed by atoms with van der Waals surface area (Å²) in [6.07, 6.45) is 9.76. The maximum absolute atomic E-state index is 10.5. The third-order valence-corrected chi connectivity index (χ3v) is 4.74. The van der Waals surface area contributed by atoms with E-state index >= 15 is 0 Å². The van der Waals surface area contributed by atoms with Crippen molar-refractivity contribution in [1.82, 2.24) is 0 Å². The van der Waals surface area contributed by atoms with Gasteiger partial charge < -0.3 is 25.2 Å². The summed E-state index contributed by atoms with van der Waals surface area (Å²) in [5, 5.41) is 38.9. The first-order chi connectivity index (χ1) is 12.5. The van der Waals surface area contributed by atoms with Gasteiger partial charge in [-0.2, -0.15) is 0 Å². The Hall–Kier alpha value is -1.21. The van der Waals surface area contributed by atoms with E-state index in [2.05, 4.69) is 6.92 Å².